The molecule has 1 fully saturated rings. The molecule has 11 nitrogen and oxygen atoms in total. The molecule has 36 heavy (non-hydrogen) atoms. The quantitative estimate of drug-likeness (QED) is 0.406. The number of halogens is 3. The summed E-state index contributed by atoms with van der Waals surface area (Å²) in [6.45, 7) is -0.413. The molecule has 0 saturated carbocycles. The highest BCUT2D eigenvalue weighted by Gasteiger charge is 2.50. The van der Waals surface area contributed by atoms with Crippen molar-refractivity contribution in [2.75, 3.05) is 30.4 Å². The van der Waals surface area contributed by atoms with Crippen LogP contribution in [0.15, 0.2) is 48.5 Å². The van der Waals surface area contributed by atoms with Gasteiger partial charge in [0.25, 0.3) is 10.1 Å². The van der Waals surface area contributed by atoms with Crippen LogP contribution in [0.5, 0.6) is 0 Å². The van der Waals surface area contributed by atoms with Crippen LogP contribution >= 0.6 is 0 Å². The van der Waals surface area contributed by atoms with E-state index in [0.717, 1.165) is 27.5 Å². The van der Waals surface area contributed by atoms with Crippen molar-refractivity contribution < 1.29 is 34.6 Å². The number of alkyl halides is 3. The smallest absolute Gasteiger partial charge is 0.355 e. The van der Waals surface area contributed by atoms with Gasteiger partial charge in [-0.2, -0.15) is 26.4 Å². The third-order valence-electron chi connectivity index (χ3n) is 5.57. The topological polar surface area (TPSA) is 147 Å². The molecule has 0 bridgehead atoms. The van der Waals surface area contributed by atoms with Crippen LogP contribution in [-0.4, -0.2) is 71.0 Å². The average molecular weight is 547 g/mol. The molecular weight excluding hydrogens is 525 g/mol. The first-order valence-corrected chi connectivity index (χ1v) is 13.8. The molecule has 1 aliphatic heterocycles. The normalized spacial score (nSPS) is 16.5. The van der Waals surface area contributed by atoms with Gasteiger partial charge in [-0.15, -0.1) is 10.2 Å². The number of hydrogen-bond donors (Lipinski definition) is 2. The Bertz CT molecular complexity index is 1470. The molecule has 194 valence electrons. The van der Waals surface area contributed by atoms with Crippen LogP contribution in [-0.2, 0) is 32.9 Å². The minimum Gasteiger partial charge on any atom is -0.355 e. The van der Waals surface area contributed by atoms with Crippen LogP contribution < -0.4 is 5.32 Å². The van der Waals surface area contributed by atoms with Gasteiger partial charge in [0.05, 0.1) is 24.1 Å². The fourth-order valence-corrected chi connectivity index (χ4v) is 6.03. The summed E-state index contributed by atoms with van der Waals surface area (Å²) in [5.74, 6) is -0.541. The Morgan fingerprint density at radius 2 is 1.69 bits per heavy atom. The summed E-state index contributed by atoms with van der Waals surface area (Å²) >= 11 is 0. The van der Waals surface area contributed by atoms with Crippen LogP contribution in [0.3, 0.4) is 0 Å². The maximum Gasteiger partial charge on any atom is 0.416 e. The number of hydrogen-bond acceptors (Lipinski definition) is 8. The fraction of sp³-hybridized carbons (Fsp3) is 0.350. The maximum atomic E-state index is 12.8. The highest BCUT2D eigenvalue weighted by Crippen LogP contribution is 2.36. The predicted molar refractivity (Wildman–Crippen MR) is 123 cm³/mol. The summed E-state index contributed by atoms with van der Waals surface area (Å²) in [6.07, 6.45) is -3.46. The summed E-state index contributed by atoms with van der Waals surface area (Å²) in [7, 11) is -7.97. The van der Waals surface area contributed by atoms with E-state index >= 15 is 0 Å². The predicted octanol–water partition coefficient (Wildman–Crippen LogP) is 2.25. The lowest BCUT2D eigenvalue weighted by Gasteiger charge is -2.47. The van der Waals surface area contributed by atoms with Gasteiger partial charge in [-0.05, 0) is 41.6 Å². The van der Waals surface area contributed by atoms with Crippen molar-refractivity contribution in [3.63, 3.8) is 0 Å². The summed E-state index contributed by atoms with van der Waals surface area (Å²) in [6, 6.07) is 11.2. The minimum absolute atomic E-state index is 0.125. The Labute approximate surface area is 204 Å². The lowest BCUT2D eigenvalue weighted by Crippen LogP contribution is -2.62. The van der Waals surface area contributed by atoms with Gasteiger partial charge >= 0.3 is 6.18 Å². The van der Waals surface area contributed by atoms with Gasteiger partial charge in [0.1, 0.15) is 0 Å². The molecule has 3 aromatic rings. The first-order chi connectivity index (χ1) is 16.6. The van der Waals surface area contributed by atoms with E-state index in [9.17, 15) is 34.6 Å². The van der Waals surface area contributed by atoms with Gasteiger partial charge < -0.3 is 5.32 Å². The van der Waals surface area contributed by atoms with Crippen molar-refractivity contribution in [1.29, 1.82) is 0 Å². The molecule has 0 unspecified atom stereocenters. The van der Waals surface area contributed by atoms with Crippen LogP contribution in [0.25, 0.3) is 11.4 Å². The van der Waals surface area contributed by atoms with E-state index in [4.69, 9.17) is 0 Å². The molecule has 2 heterocycles. The van der Waals surface area contributed by atoms with Gasteiger partial charge in [-0.3, -0.25) is 4.55 Å². The van der Waals surface area contributed by atoms with Crippen molar-refractivity contribution in [3.8, 4) is 11.4 Å². The van der Waals surface area contributed by atoms with Crippen molar-refractivity contribution in [1.82, 2.24) is 24.5 Å². The van der Waals surface area contributed by atoms with Crippen molar-refractivity contribution >= 4 is 31.5 Å². The van der Waals surface area contributed by atoms with Gasteiger partial charge in [0, 0.05) is 35.4 Å². The number of benzene rings is 2. The highest BCUT2D eigenvalue weighted by molar-refractivity contribution is 7.88. The Morgan fingerprint density at radius 1 is 1.06 bits per heavy atom. The minimum atomic E-state index is -4.45. The summed E-state index contributed by atoms with van der Waals surface area (Å²) in [5, 5.41) is 15.2. The van der Waals surface area contributed by atoms with E-state index in [2.05, 4.69) is 20.7 Å². The standard InChI is InChI=1S/C20H21F3N6O5S2/c1-35(30,31)28-10-19(11-28,13-36(32,33)34)12-29-26-18(25-27-29)16-4-2-3-5-17(16)24-15-8-6-14(7-9-15)20(21,22)23/h2-9,24H,10-13H2,1H3,(H,32,33,34). The van der Waals surface area contributed by atoms with Crippen LogP contribution in [0.2, 0.25) is 0 Å². The first-order valence-electron chi connectivity index (χ1n) is 10.4. The van der Waals surface area contributed by atoms with E-state index in [-0.39, 0.29) is 25.5 Å². The van der Waals surface area contributed by atoms with Gasteiger partial charge in [0.2, 0.25) is 15.8 Å². The van der Waals surface area contributed by atoms with Crippen LogP contribution in [0.4, 0.5) is 24.5 Å². The van der Waals surface area contributed by atoms with Crippen molar-refractivity contribution in [3.05, 3.63) is 54.1 Å². The molecular formula is C20H21F3N6O5S2. The Morgan fingerprint density at radius 3 is 2.28 bits per heavy atom. The largest absolute Gasteiger partial charge is 0.416 e. The van der Waals surface area contributed by atoms with Crippen molar-refractivity contribution in [2.45, 2.75) is 12.7 Å². The Kier molecular flexibility index (Phi) is 6.57. The molecule has 2 aromatic carbocycles. The summed E-state index contributed by atoms with van der Waals surface area (Å²) < 4.78 is 95.6. The molecule has 0 amide bonds. The molecule has 1 aromatic heterocycles. The maximum absolute atomic E-state index is 12.8. The highest BCUT2D eigenvalue weighted by atomic mass is 32.2. The fourth-order valence-electron chi connectivity index (χ4n) is 3.96. The monoisotopic (exact) mass is 546 g/mol. The number of para-hydroxylation sites is 1. The molecule has 0 spiro atoms. The van der Waals surface area contributed by atoms with E-state index in [1.165, 1.54) is 12.1 Å². The van der Waals surface area contributed by atoms with Crippen molar-refractivity contribution in [2.24, 2.45) is 5.41 Å². The Balaban J connectivity index is 1.55. The zero-order chi connectivity index (χ0) is 26.4. The number of aromatic nitrogens is 4. The molecule has 0 atom stereocenters. The molecule has 2 N–H and O–H groups in total. The number of anilines is 2. The molecule has 1 aliphatic rings. The summed E-state index contributed by atoms with van der Waals surface area (Å²) in [5.41, 5.74) is -0.581. The third-order valence-corrected chi connectivity index (χ3v) is 7.74. The average Bonchev–Trinajstić information content (AvgIpc) is 3.18. The number of tetrazole rings is 1. The second-order valence-electron chi connectivity index (χ2n) is 8.65. The molecule has 0 radical (unpaired) electrons. The zero-order valence-electron chi connectivity index (χ0n) is 18.7. The summed E-state index contributed by atoms with van der Waals surface area (Å²) in [4.78, 5) is 1.12. The van der Waals surface area contributed by atoms with Crippen LogP contribution in [0, 0.1) is 5.41 Å². The van der Waals surface area contributed by atoms with Gasteiger partial charge in [0.15, 0.2) is 0 Å². The second kappa shape index (κ2) is 9.10. The van der Waals surface area contributed by atoms with Gasteiger partial charge in [-0.1, -0.05) is 12.1 Å². The zero-order valence-corrected chi connectivity index (χ0v) is 20.3. The molecule has 16 heteroatoms. The SMILES string of the molecule is CS(=O)(=O)N1CC(Cn2nnc(-c3ccccc3Nc3ccc(C(F)(F)F)cc3)n2)(CS(=O)(=O)O)C1. The molecule has 0 aliphatic carbocycles. The van der Waals surface area contributed by atoms with Gasteiger partial charge in [-0.25, -0.2) is 12.7 Å². The van der Waals surface area contributed by atoms with E-state index in [0.29, 0.717) is 16.9 Å². The molecule has 1 saturated heterocycles. The van der Waals surface area contributed by atoms with E-state index in [1.54, 1.807) is 24.3 Å². The number of nitrogens with one attached hydrogen (secondary N) is 1. The number of rotatable bonds is 8. The van der Waals surface area contributed by atoms with E-state index < -0.39 is 43.0 Å². The first kappa shape index (κ1) is 26.0. The lowest BCUT2D eigenvalue weighted by molar-refractivity contribution is -0.137. The van der Waals surface area contributed by atoms with Crippen LogP contribution in [0.1, 0.15) is 5.56 Å². The number of sulfonamides is 1. The van der Waals surface area contributed by atoms with E-state index in [1.807, 2.05) is 0 Å². The third kappa shape index (κ3) is 6.00. The Hall–Kier alpha value is -3.08. The second-order valence-corrected chi connectivity index (χ2v) is 12.1. The lowest BCUT2D eigenvalue weighted by atomic mass is 9.84. The number of nitrogens with zero attached hydrogens (tertiary/aromatic N) is 5. The molecule has 4 rings (SSSR count).